The van der Waals surface area contributed by atoms with Crippen molar-refractivity contribution in [2.75, 3.05) is 32.8 Å². The van der Waals surface area contributed by atoms with E-state index >= 15 is 0 Å². The fraction of sp³-hybridized carbons (Fsp3) is 0.667. The molecule has 1 N–H and O–H groups in total. The summed E-state index contributed by atoms with van der Waals surface area (Å²) in [5.74, 6) is -2.14. The lowest BCUT2D eigenvalue weighted by atomic mass is 9.96. The summed E-state index contributed by atoms with van der Waals surface area (Å²) >= 11 is 0. The van der Waals surface area contributed by atoms with Crippen molar-refractivity contribution in [1.29, 1.82) is 5.26 Å². The third-order valence-electron chi connectivity index (χ3n) is 4.87. The summed E-state index contributed by atoms with van der Waals surface area (Å²) in [6.07, 6.45) is 3.85. The van der Waals surface area contributed by atoms with Crippen LogP contribution < -0.4 is 0 Å². The van der Waals surface area contributed by atoms with Crippen molar-refractivity contribution < 1.29 is 24.2 Å². The van der Waals surface area contributed by atoms with E-state index in [4.69, 9.17) is 9.84 Å². The molecule has 2 aliphatic heterocycles. The predicted octanol–water partition coefficient (Wildman–Crippen LogP) is 0.992. The van der Waals surface area contributed by atoms with Crippen molar-refractivity contribution in [3.05, 3.63) is 11.8 Å². The predicted molar refractivity (Wildman–Crippen MR) is 91.6 cm³/mol. The number of aliphatic carboxylic acids is 1. The molecule has 142 valence electrons. The maximum atomic E-state index is 12.6. The Morgan fingerprint density at radius 1 is 1.19 bits per heavy atom. The molecule has 26 heavy (non-hydrogen) atoms. The number of carboxylic acid groups (broad SMARTS) is 1. The Labute approximate surface area is 153 Å². The number of likely N-dealkylation sites (tertiary alicyclic amines) is 2. The first kappa shape index (κ1) is 19.8. The fourth-order valence-electron chi connectivity index (χ4n) is 3.39. The highest BCUT2D eigenvalue weighted by Crippen LogP contribution is 2.21. The molecule has 1 amide bonds. The molecule has 0 saturated carbocycles. The van der Waals surface area contributed by atoms with Gasteiger partial charge in [-0.05, 0) is 32.6 Å². The summed E-state index contributed by atoms with van der Waals surface area (Å²) in [6.45, 7) is 3.87. The second-order valence-corrected chi connectivity index (χ2v) is 6.65. The molecule has 0 aromatic rings. The number of amides is 1. The van der Waals surface area contributed by atoms with Gasteiger partial charge < -0.3 is 19.6 Å². The number of carboxylic acids is 1. The van der Waals surface area contributed by atoms with Gasteiger partial charge in [0.25, 0.3) is 5.91 Å². The Hall–Kier alpha value is -2.56. The Bertz CT molecular complexity index is 617. The Kier molecular flexibility index (Phi) is 7.01. The summed E-state index contributed by atoms with van der Waals surface area (Å²) in [7, 11) is 0. The molecule has 2 aliphatic rings. The highest BCUT2D eigenvalue weighted by atomic mass is 16.5. The first-order chi connectivity index (χ1) is 12.5. The van der Waals surface area contributed by atoms with E-state index in [-0.39, 0.29) is 23.4 Å². The van der Waals surface area contributed by atoms with E-state index in [0.29, 0.717) is 45.6 Å². The lowest BCUT2D eigenvalue weighted by Gasteiger charge is -2.32. The van der Waals surface area contributed by atoms with Gasteiger partial charge >= 0.3 is 11.9 Å². The van der Waals surface area contributed by atoms with Gasteiger partial charge in [-0.1, -0.05) is 0 Å². The molecule has 0 bridgehead atoms. The number of nitriles is 1. The van der Waals surface area contributed by atoms with Gasteiger partial charge in [0, 0.05) is 32.4 Å². The summed E-state index contributed by atoms with van der Waals surface area (Å²) < 4.78 is 5.06. The molecule has 0 spiro atoms. The van der Waals surface area contributed by atoms with Crippen molar-refractivity contribution in [2.45, 2.75) is 32.6 Å². The molecule has 2 heterocycles. The standard InChI is InChI=1S/C18H25N3O5/c1-2-26-18(25)14-4-3-7-20(11-14)12-15(10-19)16(22)21-8-5-13(6-9-21)17(23)24/h12-14H,2-9,11H2,1H3,(H,23,24)/b15-12-. The second kappa shape index (κ2) is 9.22. The minimum atomic E-state index is -0.841. The molecule has 8 heteroatoms. The van der Waals surface area contributed by atoms with Gasteiger partial charge in [-0.3, -0.25) is 14.4 Å². The van der Waals surface area contributed by atoms with Crippen LogP contribution in [0.3, 0.4) is 0 Å². The average molecular weight is 363 g/mol. The second-order valence-electron chi connectivity index (χ2n) is 6.65. The van der Waals surface area contributed by atoms with Gasteiger partial charge in [0.1, 0.15) is 11.6 Å². The highest BCUT2D eigenvalue weighted by Gasteiger charge is 2.30. The van der Waals surface area contributed by atoms with E-state index in [2.05, 4.69) is 0 Å². The lowest BCUT2D eigenvalue weighted by molar-refractivity contribution is -0.149. The average Bonchev–Trinajstić information content (AvgIpc) is 2.66. The molecular formula is C18H25N3O5. The minimum Gasteiger partial charge on any atom is -0.481 e. The van der Waals surface area contributed by atoms with E-state index in [0.717, 1.165) is 12.8 Å². The Morgan fingerprint density at radius 3 is 2.46 bits per heavy atom. The SMILES string of the molecule is CCOC(=O)C1CCCN(/C=C(/C#N)C(=O)N2CCC(C(=O)O)CC2)C1. The molecule has 0 aromatic heterocycles. The van der Waals surface area contributed by atoms with Crippen LogP contribution in [-0.2, 0) is 19.1 Å². The zero-order valence-electron chi connectivity index (χ0n) is 15.0. The highest BCUT2D eigenvalue weighted by molar-refractivity contribution is 5.97. The quantitative estimate of drug-likeness (QED) is 0.440. The summed E-state index contributed by atoms with van der Waals surface area (Å²) in [5.41, 5.74) is 0.0169. The van der Waals surface area contributed by atoms with Gasteiger partial charge in [0.15, 0.2) is 0 Å². The van der Waals surface area contributed by atoms with Crippen molar-refractivity contribution in [1.82, 2.24) is 9.80 Å². The van der Waals surface area contributed by atoms with Crippen LogP contribution in [0.1, 0.15) is 32.6 Å². The number of hydrogen-bond donors (Lipinski definition) is 1. The van der Waals surface area contributed by atoms with Crippen LogP contribution in [-0.4, -0.2) is 65.5 Å². The number of ether oxygens (including phenoxy) is 1. The van der Waals surface area contributed by atoms with E-state index < -0.39 is 11.9 Å². The van der Waals surface area contributed by atoms with Crippen LogP contribution in [0, 0.1) is 23.2 Å². The number of hydrogen-bond acceptors (Lipinski definition) is 6. The largest absolute Gasteiger partial charge is 0.481 e. The van der Waals surface area contributed by atoms with Crippen molar-refractivity contribution in [2.24, 2.45) is 11.8 Å². The number of nitrogens with zero attached hydrogens (tertiary/aromatic N) is 3. The van der Waals surface area contributed by atoms with Gasteiger partial charge in [0.2, 0.25) is 0 Å². The molecule has 0 radical (unpaired) electrons. The summed E-state index contributed by atoms with van der Waals surface area (Å²) in [6, 6.07) is 1.95. The third-order valence-corrected chi connectivity index (χ3v) is 4.87. The minimum absolute atomic E-state index is 0.0169. The molecule has 2 rings (SSSR count). The molecule has 8 nitrogen and oxygen atoms in total. The molecule has 0 aromatic carbocycles. The molecule has 2 fully saturated rings. The summed E-state index contributed by atoms with van der Waals surface area (Å²) in [5, 5.41) is 18.4. The first-order valence-corrected chi connectivity index (χ1v) is 9.01. The van der Waals surface area contributed by atoms with Crippen molar-refractivity contribution >= 4 is 17.8 Å². The summed E-state index contributed by atoms with van der Waals surface area (Å²) in [4.78, 5) is 38.8. The van der Waals surface area contributed by atoms with Crippen LogP contribution in [0.15, 0.2) is 11.8 Å². The Morgan fingerprint density at radius 2 is 1.88 bits per heavy atom. The maximum Gasteiger partial charge on any atom is 0.310 e. The molecular weight excluding hydrogens is 338 g/mol. The third kappa shape index (κ3) is 4.97. The van der Waals surface area contributed by atoms with Gasteiger partial charge in [-0.25, -0.2) is 0 Å². The monoisotopic (exact) mass is 363 g/mol. The van der Waals surface area contributed by atoms with E-state index in [1.807, 2.05) is 11.0 Å². The van der Waals surface area contributed by atoms with Crippen LogP contribution in [0.25, 0.3) is 0 Å². The lowest BCUT2D eigenvalue weighted by Crippen LogP contribution is -2.41. The number of rotatable bonds is 5. The van der Waals surface area contributed by atoms with E-state index in [1.54, 1.807) is 6.92 Å². The zero-order valence-corrected chi connectivity index (χ0v) is 15.0. The smallest absolute Gasteiger partial charge is 0.310 e. The van der Waals surface area contributed by atoms with Gasteiger partial charge in [0.05, 0.1) is 18.4 Å². The van der Waals surface area contributed by atoms with Crippen LogP contribution in [0.2, 0.25) is 0 Å². The number of carbonyl (C=O) groups is 3. The molecule has 2 saturated heterocycles. The normalized spacial score (nSPS) is 21.8. The number of piperidine rings is 2. The topological polar surface area (TPSA) is 111 Å². The van der Waals surface area contributed by atoms with E-state index in [1.165, 1.54) is 11.1 Å². The van der Waals surface area contributed by atoms with Crippen molar-refractivity contribution in [3.8, 4) is 6.07 Å². The number of carbonyl (C=O) groups excluding carboxylic acids is 2. The Balaban J connectivity index is 1.98. The fourth-order valence-corrected chi connectivity index (χ4v) is 3.39. The van der Waals surface area contributed by atoms with Crippen molar-refractivity contribution in [3.63, 3.8) is 0 Å². The molecule has 0 aliphatic carbocycles. The van der Waals surface area contributed by atoms with Crippen LogP contribution in [0.4, 0.5) is 0 Å². The number of esters is 1. The van der Waals surface area contributed by atoms with Gasteiger partial charge in [-0.2, -0.15) is 5.26 Å². The van der Waals surface area contributed by atoms with Crippen LogP contribution >= 0.6 is 0 Å². The van der Waals surface area contributed by atoms with Crippen LogP contribution in [0.5, 0.6) is 0 Å². The zero-order chi connectivity index (χ0) is 19.1. The molecule has 1 atom stereocenters. The maximum absolute atomic E-state index is 12.6. The van der Waals surface area contributed by atoms with Gasteiger partial charge in [-0.15, -0.1) is 0 Å². The van der Waals surface area contributed by atoms with E-state index in [9.17, 15) is 19.6 Å². The first-order valence-electron chi connectivity index (χ1n) is 9.01. The molecule has 1 unspecified atom stereocenters.